The van der Waals surface area contributed by atoms with E-state index >= 15 is 0 Å². The van der Waals surface area contributed by atoms with Crippen LogP contribution in [-0.2, 0) is 18.1 Å². The van der Waals surface area contributed by atoms with Crippen LogP contribution in [0.3, 0.4) is 0 Å². The standard InChI is InChI=1S/C11H24N2O4Si/c1-6-11(14)13-10(3)7-17-18(15-4,16-5)8-9(2)12/h6,9-10H,1,7-8,12H2,2-5H3,(H,13,14). The third-order valence-corrected chi connectivity index (χ3v) is 5.32. The first-order chi connectivity index (χ1) is 8.39. The van der Waals surface area contributed by atoms with Gasteiger partial charge < -0.3 is 24.3 Å². The molecule has 2 unspecified atom stereocenters. The van der Waals surface area contributed by atoms with Gasteiger partial charge in [0.15, 0.2) is 0 Å². The SMILES string of the molecule is C=CC(=O)NC(C)CO[Si](CC(C)N)(OC)OC. The summed E-state index contributed by atoms with van der Waals surface area (Å²) in [6.45, 7) is 7.39. The van der Waals surface area contributed by atoms with E-state index in [9.17, 15) is 4.79 Å². The molecule has 1 amide bonds. The number of carbonyl (C=O) groups is 1. The Labute approximate surface area is 110 Å². The molecule has 0 saturated heterocycles. The molecule has 0 spiro atoms. The van der Waals surface area contributed by atoms with E-state index in [1.807, 2.05) is 13.8 Å². The maximum Gasteiger partial charge on any atom is 0.502 e. The van der Waals surface area contributed by atoms with Gasteiger partial charge in [0.05, 0.1) is 6.61 Å². The molecule has 6 nitrogen and oxygen atoms in total. The number of amides is 1. The first-order valence-electron chi connectivity index (χ1n) is 5.82. The molecule has 0 aromatic rings. The van der Waals surface area contributed by atoms with Crippen LogP contribution in [0, 0.1) is 0 Å². The Morgan fingerprint density at radius 3 is 2.39 bits per heavy atom. The summed E-state index contributed by atoms with van der Waals surface area (Å²) in [7, 11) is 0.361. The van der Waals surface area contributed by atoms with Crippen LogP contribution in [0.5, 0.6) is 0 Å². The van der Waals surface area contributed by atoms with Gasteiger partial charge in [-0.05, 0) is 19.9 Å². The molecule has 7 heteroatoms. The van der Waals surface area contributed by atoms with Gasteiger partial charge >= 0.3 is 8.80 Å². The largest absolute Gasteiger partial charge is 0.502 e. The number of nitrogens with two attached hydrogens (primary N) is 1. The minimum Gasteiger partial charge on any atom is -0.377 e. The molecule has 0 aliphatic rings. The van der Waals surface area contributed by atoms with Crippen LogP contribution < -0.4 is 11.1 Å². The van der Waals surface area contributed by atoms with Gasteiger partial charge in [-0.15, -0.1) is 0 Å². The lowest BCUT2D eigenvalue weighted by Gasteiger charge is -2.29. The smallest absolute Gasteiger partial charge is 0.377 e. The zero-order chi connectivity index (χ0) is 14.2. The van der Waals surface area contributed by atoms with Crippen molar-refractivity contribution >= 4 is 14.7 Å². The number of hydrogen-bond acceptors (Lipinski definition) is 5. The molecule has 0 aromatic carbocycles. The van der Waals surface area contributed by atoms with E-state index in [0.717, 1.165) is 0 Å². The Morgan fingerprint density at radius 1 is 1.44 bits per heavy atom. The van der Waals surface area contributed by atoms with E-state index in [1.54, 1.807) is 14.2 Å². The van der Waals surface area contributed by atoms with Gasteiger partial charge in [0.25, 0.3) is 0 Å². The van der Waals surface area contributed by atoms with Gasteiger partial charge in [0.1, 0.15) is 0 Å². The van der Waals surface area contributed by atoms with Crippen molar-refractivity contribution < 1.29 is 18.1 Å². The summed E-state index contributed by atoms with van der Waals surface area (Å²) in [5.74, 6) is -0.236. The fourth-order valence-corrected chi connectivity index (χ4v) is 3.56. The van der Waals surface area contributed by atoms with Crippen LogP contribution in [0.4, 0.5) is 0 Å². The molecule has 0 bridgehead atoms. The average molecular weight is 276 g/mol. The maximum absolute atomic E-state index is 11.1. The van der Waals surface area contributed by atoms with Crippen LogP contribution >= 0.6 is 0 Å². The summed E-state index contributed by atoms with van der Waals surface area (Å²) >= 11 is 0. The predicted molar refractivity (Wildman–Crippen MR) is 72.0 cm³/mol. The van der Waals surface area contributed by atoms with Crippen LogP contribution in [0.25, 0.3) is 0 Å². The second-order valence-electron chi connectivity index (χ2n) is 4.20. The van der Waals surface area contributed by atoms with Crippen molar-refractivity contribution in [3.8, 4) is 0 Å². The van der Waals surface area contributed by atoms with Crippen LogP contribution in [-0.4, -0.2) is 47.6 Å². The molecule has 2 atom stereocenters. The van der Waals surface area contributed by atoms with Crippen molar-refractivity contribution in [2.75, 3.05) is 20.8 Å². The Kier molecular flexibility index (Phi) is 8.04. The monoisotopic (exact) mass is 276 g/mol. The molecule has 18 heavy (non-hydrogen) atoms. The first-order valence-corrected chi connectivity index (χ1v) is 7.75. The predicted octanol–water partition coefficient (Wildman–Crippen LogP) is 0.273. The number of nitrogens with one attached hydrogen (secondary N) is 1. The Morgan fingerprint density at radius 2 is 2.00 bits per heavy atom. The molecular formula is C11H24N2O4Si. The normalized spacial score (nSPS) is 14.9. The second-order valence-corrected chi connectivity index (χ2v) is 7.08. The zero-order valence-corrected chi connectivity index (χ0v) is 12.6. The van der Waals surface area contributed by atoms with Gasteiger partial charge in [-0.3, -0.25) is 4.79 Å². The maximum atomic E-state index is 11.1. The van der Waals surface area contributed by atoms with Crippen molar-refractivity contribution in [1.82, 2.24) is 5.32 Å². The summed E-state index contributed by atoms with van der Waals surface area (Å²) < 4.78 is 16.4. The molecule has 0 aliphatic heterocycles. The van der Waals surface area contributed by atoms with Crippen LogP contribution in [0.2, 0.25) is 6.04 Å². The molecule has 0 radical (unpaired) electrons. The van der Waals surface area contributed by atoms with Crippen molar-refractivity contribution in [2.45, 2.75) is 32.0 Å². The van der Waals surface area contributed by atoms with Gasteiger partial charge in [-0.1, -0.05) is 6.58 Å². The highest BCUT2D eigenvalue weighted by atomic mass is 28.4. The van der Waals surface area contributed by atoms with E-state index in [2.05, 4.69) is 11.9 Å². The molecule has 0 rings (SSSR count). The summed E-state index contributed by atoms with van der Waals surface area (Å²) in [6, 6.07) is 0.303. The Balaban J connectivity index is 4.33. The zero-order valence-electron chi connectivity index (χ0n) is 11.6. The lowest BCUT2D eigenvalue weighted by Crippen LogP contribution is -2.50. The summed E-state index contributed by atoms with van der Waals surface area (Å²) in [5, 5.41) is 2.70. The Hall–Kier alpha value is -0.733. The quantitative estimate of drug-likeness (QED) is 0.467. The van der Waals surface area contributed by atoms with E-state index < -0.39 is 8.80 Å². The fourth-order valence-electron chi connectivity index (χ4n) is 1.42. The van der Waals surface area contributed by atoms with Crippen LogP contribution in [0.15, 0.2) is 12.7 Å². The van der Waals surface area contributed by atoms with Gasteiger partial charge in [-0.2, -0.15) is 0 Å². The van der Waals surface area contributed by atoms with Crippen molar-refractivity contribution in [2.24, 2.45) is 5.73 Å². The van der Waals surface area contributed by atoms with E-state index in [4.69, 9.17) is 19.0 Å². The molecule has 0 heterocycles. The molecule has 0 fully saturated rings. The second kappa shape index (κ2) is 8.38. The molecule has 3 N–H and O–H groups in total. The van der Waals surface area contributed by atoms with E-state index in [0.29, 0.717) is 12.7 Å². The highest BCUT2D eigenvalue weighted by molar-refractivity contribution is 6.60. The highest BCUT2D eigenvalue weighted by Crippen LogP contribution is 2.15. The lowest BCUT2D eigenvalue weighted by molar-refractivity contribution is -0.117. The molecule has 0 aromatic heterocycles. The third-order valence-electron chi connectivity index (χ3n) is 2.32. The minimum atomic E-state index is -2.73. The molecule has 106 valence electrons. The molecule has 0 saturated carbocycles. The molecule has 0 aliphatic carbocycles. The lowest BCUT2D eigenvalue weighted by atomic mass is 10.3. The molecular weight excluding hydrogens is 252 g/mol. The Bertz CT molecular complexity index is 270. The van der Waals surface area contributed by atoms with Gasteiger partial charge in [0.2, 0.25) is 5.91 Å². The van der Waals surface area contributed by atoms with Gasteiger partial charge in [0, 0.05) is 32.3 Å². The van der Waals surface area contributed by atoms with Crippen molar-refractivity contribution in [1.29, 1.82) is 0 Å². The highest BCUT2D eigenvalue weighted by Gasteiger charge is 2.40. The third kappa shape index (κ3) is 6.27. The van der Waals surface area contributed by atoms with Gasteiger partial charge in [-0.25, -0.2) is 0 Å². The average Bonchev–Trinajstić information content (AvgIpc) is 2.34. The topological polar surface area (TPSA) is 82.8 Å². The van der Waals surface area contributed by atoms with E-state index in [-0.39, 0.29) is 18.0 Å². The van der Waals surface area contributed by atoms with E-state index in [1.165, 1.54) is 6.08 Å². The van der Waals surface area contributed by atoms with Crippen molar-refractivity contribution in [3.63, 3.8) is 0 Å². The summed E-state index contributed by atoms with van der Waals surface area (Å²) in [6.07, 6.45) is 1.22. The fraction of sp³-hybridized carbons (Fsp3) is 0.727. The van der Waals surface area contributed by atoms with Crippen LogP contribution in [0.1, 0.15) is 13.8 Å². The minimum absolute atomic E-state index is 0.0744. The number of rotatable bonds is 9. The number of carbonyl (C=O) groups excluding carboxylic acids is 1. The van der Waals surface area contributed by atoms with Crippen molar-refractivity contribution in [3.05, 3.63) is 12.7 Å². The number of hydrogen-bond donors (Lipinski definition) is 2. The summed E-state index contributed by atoms with van der Waals surface area (Å²) in [4.78, 5) is 11.1. The summed E-state index contributed by atoms with van der Waals surface area (Å²) in [5.41, 5.74) is 5.75. The first kappa shape index (κ1) is 17.3.